The molecule has 0 aliphatic carbocycles. The van der Waals surface area contributed by atoms with E-state index in [4.69, 9.17) is 4.74 Å². The zero-order valence-electron chi connectivity index (χ0n) is 5.71. The standard InChI is InChI=1S/C6H11O3P/c1-2-6(7)9-4-3-8-5-10/h2H,1,3-5,10H2. The molecule has 0 amide bonds. The van der Waals surface area contributed by atoms with Crippen molar-refractivity contribution in [2.45, 2.75) is 0 Å². The predicted molar refractivity (Wildman–Crippen MR) is 41.7 cm³/mol. The van der Waals surface area contributed by atoms with E-state index in [1.165, 1.54) is 0 Å². The van der Waals surface area contributed by atoms with Crippen LogP contribution in [-0.2, 0) is 14.3 Å². The molecule has 0 fully saturated rings. The highest BCUT2D eigenvalue weighted by atomic mass is 31.0. The van der Waals surface area contributed by atoms with Gasteiger partial charge in [0.2, 0.25) is 0 Å². The number of carbonyl (C=O) groups is 1. The van der Waals surface area contributed by atoms with Crippen molar-refractivity contribution in [3.63, 3.8) is 0 Å². The van der Waals surface area contributed by atoms with E-state index in [1.54, 1.807) is 0 Å². The van der Waals surface area contributed by atoms with Crippen molar-refractivity contribution < 1.29 is 14.3 Å². The largest absolute Gasteiger partial charge is 0.460 e. The molecule has 0 N–H and O–H groups in total. The Balaban J connectivity index is 3.03. The molecule has 1 unspecified atom stereocenters. The van der Waals surface area contributed by atoms with Crippen molar-refractivity contribution in [3.8, 4) is 0 Å². The van der Waals surface area contributed by atoms with Crippen LogP contribution in [0.15, 0.2) is 12.7 Å². The van der Waals surface area contributed by atoms with Crippen molar-refractivity contribution >= 4 is 15.2 Å². The van der Waals surface area contributed by atoms with Gasteiger partial charge < -0.3 is 9.47 Å². The Labute approximate surface area is 62.6 Å². The number of hydrogen-bond donors (Lipinski definition) is 0. The summed E-state index contributed by atoms with van der Waals surface area (Å²) in [7, 11) is 2.40. The third-order valence-corrected chi connectivity index (χ3v) is 0.992. The number of esters is 1. The monoisotopic (exact) mass is 162 g/mol. The normalized spacial score (nSPS) is 8.90. The van der Waals surface area contributed by atoms with E-state index in [1.807, 2.05) is 0 Å². The lowest BCUT2D eigenvalue weighted by atomic mass is 10.6. The van der Waals surface area contributed by atoms with E-state index in [9.17, 15) is 4.79 Å². The molecule has 0 rings (SSSR count). The lowest BCUT2D eigenvalue weighted by molar-refractivity contribution is -0.139. The highest BCUT2D eigenvalue weighted by Crippen LogP contribution is 1.84. The minimum Gasteiger partial charge on any atom is -0.460 e. The molecule has 0 aromatic rings. The van der Waals surface area contributed by atoms with Gasteiger partial charge in [0.15, 0.2) is 0 Å². The van der Waals surface area contributed by atoms with Gasteiger partial charge in [-0.25, -0.2) is 4.79 Å². The van der Waals surface area contributed by atoms with Crippen molar-refractivity contribution in [1.82, 2.24) is 0 Å². The fraction of sp³-hybridized carbons (Fsp3) is 0.500. The highest BCUT2D eigenvalue weighted by molar-refractivity contribution is 7.16. The maximum Gasteiger partial charge on any atom is 0.330 e. The number of carbonyl (C=O) groups excluding carboxylic acids is 1. The van der Waals surface area contributed by atoms with E-state index in [-0.39, 0.29) is 0 Å². The Morgan fingerprint density at radius 2 is 2.30 bits per heavy atom. The van der Waals surface area contributed by atoms with Gasteiger partial charge in [-0.3, -0.25) is 0 Å². The van der Waals surface area contributed by atoms with Crippen LogP contribution in [0.5, 0.6) is 0 Å². The summed E-state index contributed by atoms with van der Waals surface area (Å²) in [6, 6.07) is 0. The van der Waals surface area contributed by atoms with Crippen molar-refractivity contribution in [3.05, 3.63) is 12.7 Å². The molecule has 1 atom stereocenters. The van der Waals surface area contributed by atoms with E-state index in [2.05, 4.69) is 20.6 Å². The fourth-order valence-corrected chi connectivity index (χ4v) is 0.510. The maximum atomic E-state index is 10.4. The molecule has 0 radical (unpaired) electrons. The first-order valence-corrected chi connectivity index (χ1v) is 3.70. The molecule has 58 valence electrons. The molecular formula is C6H11O3P. The van der Waals surface area contributed by atoms with E-state index < -0.39 is 5.97 Å². The Morgan fingerprint density at radius 1 is 1.60 bits per heavy atom. The summed E-state index contributed by atoms with van der Waals surface area (Å²) >= 11 is 0. The minimum absolute atomic E-state index is 0.291. The molecule has 0 spiro atoms. The Bertz CT molecular complexity index is 114. The van der Waals surface area contributed by atoms with Crippen LogP contribution in [0.4, 0.5) is 0 Å². The fourth-order valence-electron chi connectivity index (χ4n) is 0.343. The minimum atomic E-state index is -0.410. The molecule has 0 saturated carbocycles. The summed E-state index contributed by atoms with van der Waals surface area (Å²) in [6.45, 7) is 3.96. The quantitative estimate of drug-likeness (QED) is 0.256. The summed E-state index contributed by atoms with van der Waals surface area (Å²) in [6.07, 6.45) is 1.69. The van der Waals surface area contributed by atoms with Crippen LogP contribution >= 0.6 is 9.24 Å². The molecule has 0 saturated heterocycles. The van der Waals surface area contributed by atoms with Gasteiger partial charge in [-0.05, 0) is 0 Å². The summed E-state index contributed by atoms with van der Waals surface area (Å²) < 4.78 is 9.48. The van der Waals surface area contributed by atoms with Crippen LogP contribution in [-0.4, -0.2) is 25.5 Å². The zero-order chi connectivity index (χ0) is 7.82. The first-order valence-electron chi connectivity index (χ1n) is 2.88. The van der Waals surface area contributed by atoms with E-state index in [0.717, 1.165) is 6.08 Å². The Hall–Kier alpha value is -0.400. The average molecular weight is 162 g/mol. The van der Waals surface area contributed by atoms with E-state index in [0.29, 0.717) is 19.6 Å². The number of ether oxygens (including phenoxy) is 2. The molecular weight excluding hydrogens is 151 g/mol. The van der Waals surface area contributed by atoms with Gasteiger partial charge in [0.05, 0.1) is 13.0 Å². The molecule has 0 bridgehead atoms. The molecule has 0 aliphatic heterocycles. The summed E-state index contributed by atoms with van der Waals surface area (Å²) in [5, 5.41) is 0. The lowest BCUT2D eigenvalue weighted by Crippen LogP contribution is -2.07. The number of rotatable bonds is 5. The van der Waals surface area contributed by atoms with Crippen molar-refractivity contribution in [2.24, 2.45) is 0 Å². The van der Waals surface area contributed by atoms with Gasteiger partial charge in [-0.2, -0.15) is 0 Å². The third-order valence-electron chi connectivity index (χ3n) is 0.757. The van der Waals surface area contributed by atoms with Gasteiger partial charge in [0.25, 0.3) is 0 Å². The topological polar surface area (TPSA) is 35.5 Å². The molecule has 3 nitrogen and oxygen atoms in total. The van der Waals surface area contributed by atoms with Gasteiger partial charge in [-0.15, -0.1) is 9.24 Å². The zero-order valence-corrected chi connectivity index (χ0v) is 6.86. The average Bonchev–Trinajstić information content (AvgIpc) is 1.98. The van der Waals surface area contributed by atoms with Crippen LogP contribution in [0, 0.1) is 0 Å². The smallest absolute Gasteiger partial charge is 0.330 e. The second kappa shape index (κ2) is 6.72. The Morgan fingerprint density at radius 3 is 2.80 bits per heavy atom. The third kappa shape index (κ3) is 5.73. The Kier molecular flexibility index (Phi) is 6.45. The molecule has 4 heteroatoms. The lowest BCUT2D eigenvalue weighted by Gasteiger charge is -2.00. The summed E-state index contributed by atoms with van der Waals surface area (Å²) in [4.78, 5) is 10.4. The summed E-state index contributed by atoms with van der Waals surface area (Å²) in [5.41, 5.74) is 0. The molecule has 0 heterocycles. The van der Waals surface area contributed by atoms with Crippen LogP contribution in [0.25, 0.3) is 0 Å². The maximum absolute atomic E-state index is 10.4. The van der Waals surface area contributed by atoms with Crippen LogP contribution < -0.4 is 0 Å². The van der Waals surface area contributed by atoms with E-state index >= 15 is 0 Å². The second-order valence-electron chi connectivity index (χ2n) is 1.45. The van der Waals surface area contributed by atoms with Gasteiger partial charge in [0, 0.05) is 6.08 Å². The van der Waals surface area contributed by atoms with Gasteiger partial charge in [-0.1, -0.05) is 6.58 Å². The highest BCUT2D eigenvalue weighted by Gasteiger charge is 1.92. The molecule has 0 aromatic carbocycles. The van der Waals surface area contributed by atoms with Crippen molar-refractivity contribution in [1.29, 1.82) is 0 Å². The molecule has 0 aromatic heterocycles. The van der Waals surface area contributed by atoms with Crippen molar-refractivity contribution in [2.75, 3.05) is 19.6 Å². The molecule has 0 aliphatic rings. The van der Waals surface area contributed by atoms with Crippen LogP contribution in [0.3, 0.4) is 0 Å². The SMILES string of the molecule is C=CC(=O)OCCOCP. The molecule has 10 heavy (non-hydrogen) atoms. The summed E-state index contributed by atoms with van der Waals surface area (Å²) in [5.74, 6) is -0.410. The first kappa shape index (κ1) is 9.60. The van der Waals surface area contributed by atoms with Gasteiger partial charge >= 0.3 is 5.97 Å². The number of hydrogen-bond acceptors (Lipinski definition) is 3. The van der Waals surface area contributed by atoms with Gasteiger partial charge in [0.1, 0.15) is 6.61 Å². The first-order chi connectivity index (χ1) is 4.81. The van der Waals surface area contributed by atoms with Crippen LogP contribution in [0.2, 0.25) is 0 Å². The van der Waals surface area contributed by atoms with Crippen LogP contribution in [0.1, 0.15) is 0 Å². The second-order valence-corrected chi connectivity index (χ2v) is 1.78. The predicted octanol–water partition coefficient (Wildman–Crippen LogP) is 0.565.